The van der Waals surface area contributed by atoms with Crippen molar-refractivity contribution in [2.24, 2.45) is 20.0 Å². The first-order chi connectivity index (χ1) is 28.2. The number of rotatable bonds is 0. The summed E-state index contributed by atoms with van der Waals surface area (Å²) in [5.74, 6) is 1.40. The Morgan fingerprint density at radius 1 is 0.300 bits per heavy atom. The van der Waals surface area contributed by atoms with Crippen molar-refractivity contribution in [1.29, 1.82) is 0 Å². The lowest BCUT2D eigenvalue weighted by Crippen LogP contribution is -2.27. The molecule has 2 aliphatic heterocycles. The van der Waals surface area contributed by atoms with Crippen molar-refractivity contribution >= 4 is 76.3 Å². The molecule has 0 N–H and O–H groups in total. The van der Waals surface area contributed by atoms with Crippen molar-refractivity contribution in [3.8, 4) is 0 Å². The fourth-order valence-corrected chi connectivity index (χ4v) is 9.69. The molecule has 0 spiro atoms. The average Bonchev–Trinajstić information content (AvgIpc) is 3.84. The molecular formula is C56H52N4. The maximum Gasteiger partial charge on any atom is 0.161 e. The molecule has 2 heterocycles. The number of nitrogens with zero attached hydrogens (tertiary/aromatic N) is 4. The van der Waals surface area contributed by atoms with Gasteiger partial charge in [0.1, 0.15) is 0 Å². The molecule has 0 aliphatic carbocycles. The minimum absolute atomic E-state index is 0.0323. The van der Waals surface area contributed by atoms with E-state index in [1.807, 2.05) is 0 Å². The molecule has 0 radical (unpaired) electrons. The predicted molar refractivity (Wildman–Crippen MR) is 252 cm³/mol. The smallest absolute Gasteiger partial charge is 0.161 e. The van der Waals surface area contributed by atoms with E-state index in [1.54, 1.807) is 0 Å². The molecule has 60 heavy (non-hydrogen) atoms. The molecule has 0 aromatic heterocycles. The fraction of sp³-hybridized carbons (Fsp3) is 0.286. The second kappa shape index (κ2) is 11.8. The second-order valence-corrected chi connectivity index (χ2v) is 21.7. The number of hydrogen-bond acceptors (Lipinski definition) is 4. The van der Waals surface area contributed by atoms with Crippen molar-refractivity contribution in [2.45, 2.75) is 105 Å². The van der Waals surface area contributed by atoms with Gasteiger partial charge in [0.05, 0.1) is 21.4 Å². The van der Waals surface area contributed by atoms with Gasteiger partial charge in [0.25, 0.3) is 0 Å². The first-order valence-corrected chi connectivity index (χ1v) is 21.6. The highest BCUT2D eigenvalue weighted by molar-refractivity contribution is 6.24. The van der Waals surface area contributed by atoms with Gasteiger partial charge in [-0.2, -0.15) is 0 Å². The summed E-state index contributed by atoms with van der Waals surface area (Å²) in [7, 11) is 0. The van der Waals surface area contributed by atoms with Gasteiger partial charge in [-0.15, -0.1) is 0 Å². The molecule has 4 nitrogen and oxygen atoms in total. The van der Waals surface area contributed by atoms with Gasteiger partial charge in [-0.1, -0.05) is 156 Å². The van der Waals surface area contributed by atoms with Crippen molar-refractivity contribution in [2.75, 3.05) is 0 Å². The Labute approximate surface area is 350 Å². The first kappa shape index (κ1) is 37.0. The summed E-state index contributed by atoms with van der Waals surface area (Å²) in [6.45, 7) is 27.5. The summed E-state index contributed by atoms with van der Waals surface area (Å²) in [6, 6.07) is 36.6. The first-order valence-electron chi connectivity index (χ1n) is 21.6. The van der Waals surface area contributed by atoms with Crippen LogP contribution in [-0.4, -0.2) is 0 Å². The van der Waals surface area contributed by atoms with Crippen molar-refractivity contribution in [3.05, 3.63) is 151 Å². The third kappa shape index (κ3) is 5.35. The van der Waals surface area contributed by atoms with Crippen LogP contribution < -0.4 is 31.9 Å². The van der Waals surface area contributed by atoms with Crippen LogP contribution >= 0.6 is 0 Å². The van der Waals surface area contributed by atoms with Crippen LogP contribution in [0.2, 0.25) is 0 Å². The highest BCUT2D eigenvalue weighted by Gasteiger charge is 2.26. The molecular weight excluding hydrogens is 729 g/mol. The summed E-state index contributed by atoms with van der Waals surface area (Å²) in [6.07, 6.45) is 0. The van der Waals surface area contributed by atoms with Gasteiger partial charge in [-0.25, -0.2) is 20.0 Å². The Balaban J connectivity index is 1.30. The van der Waals surface area contributed by atoms with E-state index < -0.39 is 0 Å². The van der Waals surface area contributed by atoms with Gasteiger partial charge in [-0.3, -0.25) is 0 Å². The zero-order valence-corrected chi connectivity index (χ0v) is 37.0. The number of benzene rings is 9. The Morgan fingerprint density at radius 2 is 0.533 bits per heavy atom. The van der Waals surface area contributed by atoms with Gasteiger partial charge in [0.15, 0.2) is 11.6 Å². The average molecular weight is 781 g/mol. The van der Waals surface area contributed by atoms with E-state index in [0.717, 1.165) is 53.4 Å². The Morgan fingerprint density at radius 3 is 0.750 bits per heavy atom. The molecule has 0 unspecified atom stereocenters. The fourth-order valence-electron chi connectivity index (χ4n) is 9.69. The minimum atomic E-state index is -0.0323. The van der Waals surface area contributed by atoms with E-state index in [-0.39, 0.29) is 21.7 Å². The van der Waals surface area contributed by atoms with E-state index in [2.05, 4.69) is 180 Å². The van der Waals surface area contributed by atoms with Gasteiger partial charge >= 0.3 is 0 Å². The summed E-state index contributed by atoms with van der Waals surface area (Å²) < 4.78 is 0. The standard InChI is InChI=1S/C56H52N4/c1-53(2,3)33-21-29-17-18-30-22-34(54(4,5)6)26-40-44(30)43(29)39(25-33)47-48(40)58-51(57-47)37-15-13-14-16-38(37)52-59-49-41-27-35(55(7,8)9)23-31-19-20-32-24-36(56(10,11)12)28-42(50(49)60-52)46(32)45(31)41/h13-28H,1-12H3. The van der Waals surface area contributed by atoms with E-state index in [0.29, 0.717) is 11.6 Å². The maximum atomic E-state index is 5.52. The highest BCUT2D eigenvalue weighted by atomic mass is 15.0. The van der Waals surface area contributed by atoms with Crippen molar-refractivity contribution in [3.63, 3.8) is 0 Å². The number of fused-ring (bicyclic) bond motifs is 6. The number of hydrogen-bond donors (Lipinski definition) is 0. The minimum Gasteiger partial charge on any atom is -0.226 e. The molecule has 9 aromatic carbocycles. The maximum absolute atomic E-state index is 5.52. The SMILES string of the molecule is CC(C)(C)c1cc2ccc3cc(C(C)(C)C)cc4c5c(c(c1)c2c34)=NC(=c1ccccc1=C1N=c2c(c3cc(C(C)(C)C)cc4ccc6cc(C(C)(C)C)cc2c6c43)=N1)N=5. The topological polar surface area (TPSA) is 49.4 Å². The van der Waals surface area contributed by atoms with Crippen LogP contribution in [0.25, 0.3) is 76.3 Å². The molecule has 11 rings (SSSR count). The van der Waals surface area contributed by atoms with Crippen LogP contribution in [0.4, 0.5) is 0 Å². The van der Waals surface area contributed by atoms with Crippen LogP contribution in [0.15, 0.2) is 117 Å². The molecule has 0 fully saturated rings. The molecule has 0 saturated heterocycles. The highest BCUT2D eigenvalue weighted by Crippen LogP contribution is 2.40. The van der Waals surface area contributed by atoms with Crippen LogP contribution in [0.1, 0.15) is 105 Å². The van der Waals surface area contributed by atoms with E-state index >= 15 is 0 Å². The van der Waals surface area contributed by atoms with E-state index in [9.17, 15) is 0 Å². The van der Waals surface area contributed by atoms with Crippen molar-refractivity contribution in [1.82, 2.24) is 0 Å². The monoisotopic (exact) mass is 780 g/mol. The van der Waals surface area contributed by atoms with E-state index in [1.165, 1.54) is 65.3 Å². The molecule has 9 aromatic rings. The van der Waals surface area contributed by atoms with Crippen molar-refractivity contribution < 1.29 is 0 Å². The third-order valence-corrected chi connectivity index (χ3v) is 13.3. The van der Waals surface area contributed by atoms with Gasteiger partial charge in [-0.05, 0) is 111 Å². The zero-order valence-electron chi connectivity index (χ0n) is 37.0. The lowest BCUT2D eigenvalue weighted by atomic mass is 9.81. The molecule has 0 saturated carbocycles. The summed E-state index contributed by atoms with van der Waals surface area (Å²) in [4.78, 5) is 22.1. The Bertz CT molecular complexity index is 3310. The van der Waals surface area contributed by atoms with Crippen LogP contribution in [0, 0.1) is 0 Å². The molecule has 4 heteroatoms. The summed E-state index contributed by atoms with van der Waals surface area (Å²) >= 11 is 0. The normalized spacial score (nSPS) is 14.8. The quantitative estimate of drug-likeness (QED) is 0.138. The largest absolute Gasteiger partial charge is 0.226 e. The molecule has 0 atom stereocenters. The Hall–Kier alpha value is -6.00. The molecule has 296 valence electrons. The molecule has 0 amide bonds. The summed E-state index contributed by atoms with van der Waals surface area (Å²) in [5.41, 5.74) is 5.04. The zero-order chi connectivity index (χ0) is 42.0. The van der Waals surface area contributed by atoms with Crippen LogP contribution in [0.5, 0.6) is 0 Å². The van der Waals surface area contributed by atoms with Crippen LogP contribution in [-0.2, 0) is 21.7 Å². The molecule has 2 aliphatic rings. The van der Waals surface area contributed by atoms with Gasteiger partial charge < -0.3 is 0 Å². The second-order valence-electron chi connectivity index (χ2n) is 21.7. The van der Waals surface area contributed by atoms with Gasteiger partial charge in [0, 0.05) is 32.0 Å². The van der Waals surface area contributed by atoms with E-state index in [4.69, 9.17) is 20.0 Å². The third-order valence-electron chi connectivity index (χ3n) is 13.3. The summed E-state index contributed by atoms with van der Waals surface area (Å²) in [5, 5.41) is 20.4. The van der Waals surface area contributed by atoms with Crippen LogP contribution in [0.3, 0.4) is 0 Å². The predicted octanol–water partition coefficient (Wildman–Crippen LogP) is 10.7. The molecule has 0 bridgehead atoms. The van der Waals surface area contributed by atoms with Gasteiger partial charge in [0.2, 0.25) is 0 Å². The lowest BCUT2D eigenvalue weighted by Gasteiger charge is -2.23. The Kier molecular flexibility index (Phi) is 7.31. The lowest BCUT2D eigenvalue weighted by molar-refractivity contribution is 0.591.